The fraction of sp³-hybridized carbons (Fsp3) is 0.333. The molecule has 7 nitrogen and oxygen atoms in total. The lowest BCUT2D eigenvalue weighted by molar-refractivity contribution is -0.123. The van der Waals surface area contributed by atoms with Crippen molar-refractivity contribution in [3.05, 3.63) is 54.4 Å². The molecule has 0 radical (unpaired) electrons. The van der Waals surface area contributed by atoms with Gasteiger partial charge in [0.1, 0.15) is 17.9 Å². The largest absolute Gasteiger partial charge is 0.487 e. The molecule has 0 saturated carbocycles. The Balaban J connectivity index is 1.90. The summed E-state index contributed by atoms with van der Waals surface area (Å²) in [4.78, 5) is 16.5. The fourth-order valence-electron chi connectivity index (χ4n) is 3.11. The summed E-state index contributed by atoms with van der Waals surface area (Å²) in [5, 5.41) is 2.55. The Morgan fingerprint density at radius 3 is 2.69 bits per heavy atom. The molecule has 1 saturated heterocycles. The third kappa shape index (κ3) is 3.56. The molecule has 1 aromatic carbocycles. The second kappa shape index (κ2) is 7.43. The van der Waals surface area contributed by atoms with E-state index in [4.69, 9.17) is 4.74 Å². The minimum atomic E-state index is -3.82. The average molecular weight is 375 g/mol. The Hall–Kier alpha value is -2.45. The highest BCUT2D eigenvalue weighted by Gasteiger charge is 2.45. The van der Waals surface area contributed by atoms with Crippen LogP contribution in [0.5, 0.6) is 5.75 Å². The molecule has 0 aliphatic carbocycles. The first kappa shape index (κ1) is 18.3. The molecular weight excluding hydrogens is 354 g/mol. The summed E-state index contributed by atoms with van der Waals surface area (Å²) in [6, 6.07) is 9.42. The van der Waals surface area contributed by atoms with Gasteiger partial charge >= 0.3 is 0 Å². The predicted octanol–water partition coefficient (Wildman–Crippen LogP) is 1.35. The van der Waals surface area contributed by atoms with Crippen molar-refractivity contribution in [1.82, 2.24) is 14.6 Å². The van der Waals surface area contributed by atoms with Crippen LogP contribution in [0.3, 0.4) is 0 Å². The average Bonchev–Trinajstić information content (AvgIpc) is 3.07. The van der Waals surface area contributed by atoms with Gasteiger partial charge in [0.2, 0.25) is 15.9 Å². The van der Waals surface area contributed by atoms with E-state index in [1.54, 1.807) is 55.7 Å². The van der Waals surface area contributed by atoms with Crippen molar-refractivity contribution in [2.24, 2.45) is 0 Å². The number of likely N-dealkylation sites (N-methyl/N-ethyl adjacent to an activating group) is 1. The lowest BCUT2D eigenvalue weighted by atomic mass is 10.2. The van der Waals surface area contributed by atoms with Crippen LogP contribution in [0.4, 0.5) is 0 Å². The van der Waals surface area contributed by atoms with Crippen LogP contribution in [0.1, 0.15) is 12.0 Å². The summed E-state index contributed by atoms with van der Waals surface area (Å²) in [5.74, 6) is 0.197. The molecule has 3 rings (SSSR count). The minimum absolute atomic E-state index is 0.101. The summed E-state index contributed by atoms with van der Waals surface area (Å²) in [7, 11) is -2.33. The van der Waals surface area contributed by atoms with E-state index >= 15 is 0 Å². The molecule has 1 N–H and O–H groups in total. The Kier molecular flexibility index (Phi) is 5.24. The van der Waals surface area contributed by atoms with E-state index in [0.717, 1.165) is 0 Å². The van der Waals surface area contributed by atoms with Crippen LogP contribution in [0.25, 0.3) is 0 Å². The van der Waals surface area contributed by atoms with E-state index in [1.807, 2.05) is 0 Å². The highest BCUT2D eigenvalue weighted by molar-refractivity contribution is 7.89. The smallest absolute Gasteiger partial charge is 0.244 e. The minimum Gasteiger partial charge on any atom is -0.487 e. The molecule has 1 aliphatic rings. The first-order chi connectivity index (χ1) is 12.4. The van der Waals surface area contributed by atoms with Crippen LogP contribution in [-0.2, 0) is 14.8 Å². The van der Waals surface area contributed by atoms with Crippen molar-refractivity contribution < 1.29 is 17.9 Å². The van der Waals surface area contributed by atoms with E-state index in [9.17, 15) is 13.2 Å². The number of carbonyl (C=O) groups is 1. The SMILES string of the molecule is CNC(=O)[C@H]1C[C@H](Oc2cccnc2)CN1S(=O)(=O)c1ccccc1C. The van der Waals surface area contributed by atoms with Gasteiger partial charge in [-0.25, -0.2) is 8.42 Å². The summed E-state index contributed by atoms with van der Waals surface area (Å²) >= 11 is 0. The van der Waals surface area contributed by atoms with E-state index in [-0.39, 0.29) is 23.8 Å². The zero-order valence-electron chi connectivity index (χ0n) is 14.6. The summed E-state index contributed by atoms with van der Waals surface area (Å²) < 4.78 is 33.4. The first-order valence-corrected chi connectivity index (χ1v) is 9.73. The number of rotatable bonds is 5. The number of hydrogen-bond donors (Lipinski definition) is 1. The third-order valence-corrected chi connectivity index (χ3v) is 6.42. The zero-order valence-corrected chi connectivity index (χ0v) is 15.4. The number of benzene rings is 1. The van der Waals surface area contributed by atoms with Gasteiger partial charge in [-0.05, 0) is 30.7 Å². The Morgan fingerprint density at radius 2 is 2.04 bits per heavy atom. The van der Waals surface area contributed by atoms with Gasteiger partial charge in [-0.15, -0.1) is 0 Å². The van der Waals surface area contributed by atoms with Crippen LogP contribution >= 0.6 is 0 Å². The van der Waals surface area contributed by atoms with Gasteiger partial charge in [-0.1, -0.05) is 18.2 Å². The number of aromatic nitrogens is 1. The number of sulfonamides is 1. The lowest BCUT2D eigenvalue weighted by Crippen LogP contribution is -2.45. The van der Waals surface area contributed by atoms with Gasteiger partial charge in [-0.2, -0.15) is 4.31 Å². The van der Waals surface area contributed by atoms with Gasteiger partial charge in [0.25, 0.3) is 0 Å². The highest BCUT2D eigenvalue weighted by Crippen LogP contribution is 2.30. The van der Waals surface area contributed by atoms with Crippen molar-refractivity contribution in [1.29, 1.82) is 0 Å². The second-order valence-corrected chi connectivity index (χ2v) is 7.99. The number of ether oxygens (including phenoxy) is 1. The molecule has 1 fully saturated rings. The van der Waals surface area contributed by atoms with Crippen molar-refractivity contribution in [2.75, 3.05) is 13.6 Å². The van der Waals surface area contributed by atoms with Crippen molar-refractivity contribution in [3.63, 3.8) is 0 Å². The van der Waals surface area contributed by atoms with E-state index in [2.05, 4.69) is 10.3 Å². The standard InChI is InChI=1S/C18H21N3O4S/c1-13-6-3-4-8-17(13)26(23,24)21-12-15(10-16(21)18(22)19-2)25-14-7-5-9-20-11-14/h3-9,11,15-16H,10,12H2,1-2H3,(H,19,22)/t15-,16+/m0/s1. The number of nitrogens with zero attached hydrogens (tertiary/aromatic N) is 2. The Morgan fingerprint density at radius 1 is 1.27 bits per heavy atom. The molecule has 2 atom stereocenters. The molecule has 1 aromatic heterocycles. The summed E-state index contributed by atoms with van der Waals surface area (Å²) in [5.41, 5.74) is 0.639. The van der Waals surface area contributed by atoms with Crippen LogP contribution < -0.4 is 10.1 Å². The quantitative estimate of drug-likeness (QED) is 0.852. The molecule has 2 aromatic rings. The van der Waals surface area contributed by atoms with Gasteiger partial charge in [0.05, 0.1) is 17.6 Å². The zero-order chi connectivity index (χ0) is 18.7. The molecule has 0 bridgehead atoms. The van der Waals surface area contributed by atoms with Crippen LogP contribution in [0, 0.1) is 6.92 Å². The lowest BCUT2D eigenvalue weighted by Gasteiger charge is -2.23. The Labute approximate surface area is 153 Å². The maximum Gasteiger partial charge on any atom is 0.244 e. The summed E-state index contributed by atoms with van der Waals surface area (Å²) in [6.45, 7) is 1.84. The number of pyridine rings is 1. The second-order valence-electron chi connectivity index (χ2n) is 6.13. The highest BCUT2D eigenvalue weighted by atomic mass is 32.2. The number of hydrogen-bond acceptors (Lipinski definition) is 5. The van der Waals surface area contributed by atoms with Gasteiger partial charge in [-0.3, -0.25) is 9.78 Å². The van der Waals surface area contributed by atoms with Crippen molar-refractivity contribution in [3.8, 4) is 5.75 Å². The normalized spacial score (nSPS) is 20.7. The molecule has 138 valence electrons. The molecular formula is C18H21N3O4S. The number of nitrogens with one attached hydrogen (secondary N) is 1. The first-order valence-electron chi connectivity index (χ1n) is 8.29. The topological polar surface area (TPSA) is 88.6 Å². The molecule has 0 spiro atoms. The molecule has 1 aliphatic heterocycles. The van der Waals surface area contributed by atoms with Crippen LogP contribution in [0.15, 0.2) is 53.7 Å². The van der Waals surface area contributed by atoms with Crippen LogP contribution in [0.2, 0.25) is 0 Å². The summed E-state index contributed by atoms with van der Waals surface area (Å²) in [6.07, 6.45) is 3.04. The van der Waals surface area contributed by atoms with Crippen molar-refractivity contribution >= 4 is 15.9 Å². The van der Waals surface area contributed by atoms with E-state index in [1.165, 1.54) is 11.4 Å². The monoisotopic (exact) mass is 375 g/mol. The third-order valence-electron chi connectivity index (χ3n) is 4.38. The fourth-order valence-corrected chi connectivity index (χ4v) is 4.96. The maximum atomic E-state index is 13.2. The van der Waals surface area contributed by atoms with E-state index in [0.29, 0.717) is 11.3 Å². The molecule has 26 heavy (non-hydrogen) atoms. The molecule has 2 heterocycles. The van der Waals surface area contributed by atoms with Gasteiger partial charge in [0.15, 0.2) is 0 Å². The number of amides is 1. The molecule has 1 amide bonds. The van der Waals surface area contributed by atoms with Gasteiger partial charge < -0.3 is 10.1 Å². The number of carbonyl (C=O) groups excluding carboxylic acids is 1. The molecule has 8 heteroatoms. The number of aryl methyl sites for hydroxylation is 1. The van der Waals surface area contributed by atoms with Gasteiger partial charge in [0, 0.05) is 19.7 Å². The van der Waals surface area contributed by atoms with Crippen molar-refractivity contribution in [2.45, 2.75) is 30.4 Å². The molecule has 0 unspecified atom stereocenters. The Bertz CT molecular complexity index is 886. The van der Waals surface area contributed by atoms with E-state index < -0.39 is 22.2 Å². The van der Waals surface area contributed by atoms with Crippen LogP contribution in [-0.4, -0.2) is 49.4 Å². The predicted molar refractivity (Wildman–Crippen MR) is 96.2 cm³/mol. The maximum absolute atomic E-state index is 13.2.